The highest BCUT2D eigenvalue weighted by Gasteiger charge is 2.34. The van der Waals surface area contributed by atoms with Crippen molar-refractivity contribution in [2.75, 3.05) is 19.6 Å². The number of nitrogens with one attached hydrogen (secondary N) is 1. The molecule has 0 unspecified atom stereocenters. The molecule has 2 amide bonds. The van der Waals surface area contributed by atoms with E-state index < -0.39 is 10.0 Å². The molecule has 0 radical (unpaired) electrons. The topological polar surface area (TPSA) is 86.8 Å². The van der Waals surface area contributed by atoms with Crippen LogP contribution in [0.2, 0.25) is 0 Å². The molecule has 2 fully saturated rings. The molecule has 7 nitrogen and oxygen atoms in total. The van der Waals surface area contributed by atoms with Crippen molar-refractivity contribution in [2.24, 2.45) is 0 Å². The molecule has 2 aromatic rings. The van der Waals surface area contributed by atoms with Crippen LogP contribution in [0.5, 0.6) is 0 Å². The molecule has 1 saturated heterocycles. The summed E-state index contributed by atoms with van der Waals surface area (Å²) in [6, 6.07) is 14.4. The lowest BCUT2D eigenvalue weighted by Crippen LogP contribution is -2.49. The average molecular weight is 428 g/mol. The van der Waals surface area contributed by atoms with E-state index in [1.54, 1.807) is 12.1 Å². The highest BCUT2D eigenvalue weighted by Crippen LogP contribution is 2.30. The molecule has 1 aliphatic heterocycles. The normalized spacial score (nSPS) is 17.4. The lowest BCUT2D eigenvalue weighted by molar-refractivity contribution is -0.122. The molecule has 0 spiro atoms. The molecule has 1 aliphatic carbocycles. The van der Waals surface area contributed by atoms with Gasteiger partial charge in [-0.05, 0) is 49.6 Å². The van der Waals surface area contributed by atoms with Crippen molar-refractivity contribution in [2.45, 2.75) is 37.2 Å². The van der Waals surface area contributed by atoms with Crippen molar-refractivity contribution >= 4 is 21.8 Å². The number of nitrogens with zero attached hydrogens (tertiary/aromatic N) is 2. The van der Waals surface area contributed by atoms with Crippen LogP contribution >= 0.6 is 0 Å². The standard InChI is InChI=1S/C22H25N3O4S/c1-16-2-4-17(5-3-16)14-25(19-8-9-19)22(27)18-6-10-20(11-7-18)30(28,29)24-13-12-23-21(26)15-24/h2-7,10-11,19H,8-9,12-15H2,1H3,(H,23,26). The van der Waals surface area contributed by atoms with Crippen molar-refractivity contribution in [1.82, 2.24) is 14.5 Å². The van der Waals surface area contributed by atoms with E-state index in [4.69, 9.17) is 0 Å². The summed E-state index contributed by atoms with van der Waals surface area (Å²) in [5, 5.41) is 2.62. The summed E-state index contributed by atoms with van der Waals surface area (Å²) < 4.78 is 26.7. The molecule has 1 heterocycles. The predicted octanol–water partition coefficient (Wildman–Crippen LogP) is 1.92. The van der Waals surface area contributed by atoms with E-state index >= 15 is 0 Å². The first-order chi connectivity index (χ1) is 14.3. The molecule has 158 valence electrons. The maximum atomic E-state index is 13.1. The molecule has 30 heavy (non-hydrogen) atoms. The third-order valence-electron chi connectivity index (χ3n) is 5.46. The Morgan fingerprint density at radius 3 is 2.37 bits per heavy atom. The fraction of sp³-hybridized carbons (Fsp3) is 0.364. The van der Waals surface area contributed by atoms with Crippen molar-refractivity contribution in [1.29, 1.82) is 0 Å². The van der Waals surface area contributed by atoms with Gasteiger partial charge in [-0.3, -0.25) is 9.59 Å². The van der Waals surface area contributed by atoms with Gasteiger partial charge in [0.1, 0.15) is 0 Å². The van der Waals surface area contributed by atoms with E-state index in [0.717, 1.165) is 22.7 Å². The van der Waals surface area contributed by atoms with Crippen LogP contribution in [-0.4, -0.2) is 55.1 Å². The maximum absolute atomic E-state index is 13.1. The summed E-state index contributed by atoms with van der Waals surface area (Å²) in [6.45, 7) is 2.91. The van der Waals surface area contributed by atoms with Crippen LogP contribution in [0.25, 0.3) is 0 Å². The molecule has 2 aromatic carbocycles. The Morgan fingerprint density at radius 1 is 1.10 bits per heavy atom. The van der Waals surface area contributed by atoms with Crippen molar-refractivity contribution in [3.63, 3.8) is 0 Å². The number of hydrogen-bond donors (Lipinski definition) is 1. The van der Waals surface area contributed by atoms with Gasteiger partial charge in [0.05, 0.1) is 11.4 Å². The molecule has 0 aromatic heterocycles. The number of amides is 2. The zero-order valence-corrected chi connectivity index (χ0v) is 17.7. The second-order valence-corrected chi connectivity index (χ2v) is 9.80. The minimum Gasteiger partial charge on any atom is -0.354 e. The summed E-state index contributed by atoms with van der Waals surface area (Å²) in [7, 11) is -3.77. The Morgan fingerprint density at radius 2 is 1.77 bits per heavy atom. The summed E-state index contributed by atoms with van der Waals surface area (Å²) in [6.07, 6.45) is 1.97. The molecule has 1 saturated carbocycles. The first-order valence-corrected chi connectivity index (χ1v) is 11.5. The number of carbonyl (C=O) groups is 2. The van der Waals surface area contributed by atoms with Gasteiger partial charge in [0.15, 0.2) is 0 Å². The fourth-order valence-electron chi connectivity index (χ4n) is 3.55. The quantitative estimate of drug-likeness (QED) is 0.763. The van der Waals surface area contributed by atoms with Crippen LogP contribution in [0.3, 0.4) is 0 Å². The van der Waals surface area contributed by atoms with Gasteiger partial charge in [-0.15, -0.1) is 0 Å². The van der Waals surface area contributed by atoms with E-state index in [-0.39, 0.29) is 35.8 Å². The zero-order valence-electron chi connectivity index (χ0n) is 16.9. The van der Waals surface area contributed by atoms with Gasteiger partial charge in [-0.2, -0.15) is 4.31 Å². The number of rotatable bonds is 6. The number of hydrogen-bond acceptors (Lipinski definition) is 4. The van der Waals surface area contributed by atoms with E-state index in [1.807, 2.05) is 36.1 Å². The fourth-order valence-corrected chi connectivity index (χ4v) is 4.94. The van der Waals surface area contributed by atoms with Crippen molar-refractivity contribution < 1.29 is 18.0 Å². The molecule has 0 atom stereocenters. The van der Waals surface area contributed by atoms with Crippen LogP contribution < -0.4 is 5.32 Å². The summed E-state index contributed by atoms with van der Waals surface area (Å²) in [5.74, 6) is -0.410. The van der Waals surface area contributed by atoms with Gasteiger partial charge in [0, 0.05) is 31.2 Å². The van der Waals surface area contributed by atoms with E-state index in [9.17, 15) is 18.0 Å². The number of aryl methyl sites for hydroxylation is 1. The van der Waals surface area contributed by atoms with E-state index in [1.165, 1.54) is 17.7 Å². The first kappa shape index (κ1) is 20.6. The van der Waals surface area contributed by atoms with Gasteiger partial charge in [0.25, 0.3) is 5.91 Å². The SMILES string of the molecule is Cc1ccc(CN(C(=O)c2ccc(S(=O)(=O)N3CCNC(=O)C3)cc2)C2CC2)cc1. The molecular formula is C22H25N3O4S. The first-order valence-electron chi connectivity index (χ1n) is 10.1. The molecule has 4 rings (SSSR count). The van der Waals surface area contributed by atoms with Crippen molar-refractivity contribution in [3.05, 3.63) is 65.2 Å². The Hall–Kier alpha value is -2.71. The zero-order chi connectivity index (χ0) is 21.3. The van der Waals surface area contributed by atoms with Crippen LogP contribution in [0.4, 0.5) is 0 Å². The minimum atomic E-state index is -3.77. The minimum absolute atomic E-state index is 0.0882. The average Bonchev–Trinajstić information content (AvgIpc) is 3.58. The van der Waals surface area contributed by atoms with Crippen LogP contribution in [0.1, 0.15) is 34.3 Å². The highest BCUT2D eigenvalue weighted by molar-refractivity contribution is 7.89. The Bertz CT molecular complexity index is 1040. The number of benzene rings is 2. The van der Waals surface area contributed by atoms with Gasteiger partial charge < -0.3 is 10.2 Å². The molecule has 8 heteroatoms. The molecule has 2 aliphatic rings. The van der Waals surface area contributed by atoms with Crippen LogP contribution in [0, 0.1) is 6.92 Å². The molecular weight excluding hydrogens is 402 g/mol. The van der Waals surface area contributed by atoms with Crippen LogP contribution in [0.15, 0.2) is 53.4 Å². The summed E-state index contributed by atoms with van der Waals surface area (Å²) in [4.78, 5) is 26.6. The lowest BCUT2D eigenvalue weighted by atomic mass is 10.1. The monoisotopic (exact) mass is 427 g/mol. The number of carbonyl (C=O) groups excluding carboxylic acids is 2. The molecule has 1 N–H and O–H groups in total. The maximum Gasteiger partial charge on any atom is 0.254 e. The lowest BCUT2D eigenvalue weighted by Gasteiger charge is -2.26. The Labute approximate surface area is 176 Å². The van der Waals surface area contributed by atoms with E-state index in [2.05, 4.69) is 5.32 Å². The predicted molar refractivity (Wildman–Crippen MR) is 112 cm³/mol. The van der Waals surface area contributed by atoms with Gasteiger partial charge in [0.2, 0.25) is 15.9 Å². The third-order valence-corrected chi connectivity index (χ3v) is 7.32. The number of piperazine rings is 1. The Balaban J connectivity index is 1.51. The smallest absolute Gasteiger partial charge is 0.254 e. The van der Waals surface area contributed by atoms with Gasteiger partial charge in [-0.1, -0.05) is 29.8 Å². The molecule has 0 bridgehead atoms. The van der Waals surface area contributed by atoms with Gasteiger partial charge >= 0.3 is 0 Å². The van der Waals surface area contributed by atoms with Crippen molar-refractivity contribution in [3.8, 4) is 0 Å². The highest BCUT2D eigenvalue weighted by atomic mass is 32.2. The largest absolute Gasteiger partial charge is 0.354 e. The summed E-state index contributed by atoms with van der Waals surface area (Å²) >= 11 is 0. The third kappa shape index (κ3) is 4.39. The van der Waals surface area contributed by atoms with Gasteiger partial charge in [-0.25, -0.2) is 8.42 Å². The van der Waals surface area contributed by atoms with Crippen LogP contribution in [-0.2, 0) is 21.4 Å². The Kier molecular flexibility index (Phi) is 5.62. The number of sulfonamides is 1. The second-order valence-electron chi connectivity index (χ2n) is 7.86. The second kappa shape index (κ2) is 8.20. The summed E-state index contributed by atoms with van der Waals surface area (Å²) in [5.41, 5.74) is 2.71. The van der Waals surface area contributed by atoms with E-state index in [0.29, 0.717) is 18.7 Å².